The van der Waals surface area contributed by atoms with Crippen molar-refractivity contribution in [3.63, 3.8) is 0 Å². The third kappa shape index (κ3) is 5.58. The molecule has 2 aromatic carbocycles. The van der Waals surface area contributed by atoms with Gasteiger partial charge in [0, 0.05) is 11.7 Å². The van der Waals surface area contributed by atoms with E-state index < -0.39 is 11.9 Å². The van der Waals surface area contributed by atoms with Gasteiger partial charge in [0.15, 0.2) is 17.3 Å². The van der Waals surface area contributed by atoms with E-state index >= 15 is 0 Å². The zero-order valence-electron chi connectivity index (χ0n) is 21.8. The van der Waals surface area contributed by atoms with Crippen molar-refractivity contribution in [3.05, 3.63) is 71.7 Å². The molecule has 1 N–H and O–H groups in total. The SMILES string of the molecule is CCc1ccc(N(C(=O)c2ccco2)C(C(=O)NC2CCCC2)c2cc(OC)c(OC)c(OC)c2)cc1. The lowest BCUT2D eigenvalue weighted by Gasteiger charge is -2.32. The molecule has 1 atom stereocenters. The molecule has 0 radical (unpaired) electrons. The zero-order valence-corrected chi connectivity index (χ0v) is 21.8. The molecule has 4 rings (SSSR count). The zero-order chi connectivity index (χ0) is 26.4. The van der Waals surface area contributed by atoms with E-state index in [2.05, 4.69) is 12.2 Å². The van der Waals surface area contributed by atoms with Gasteiger partial charge in [-0.1, -0.05) is 31.9 Å². The Balaban J connectivity index is 1.89. The molecule has 1 heterocycles. The number of aryl methyl sites for hydroxylation is 1. The fourth-order valence-corrected chi connectivity index (χ4v) is 4.82. The Hall–Kier alpha value is -3.94. The second-order valence-electron chi connectivity index (χ2n) is 9.02. The fourth-order valence-electron chi connectivity index (χ4n) is 4.82. The highest BCUT2D eigenvalue weighted by molar-refractivity contribution is 6.08. The maximum Gasteiger partial charge on any atom is 0.294 e. The molecule has 1 aliphatic rings. The summed E-state index contributed by atoms with van der Waals surface area (Å²) < 4.78 is 22.1. The van der Waals surface area contributed by atoms with Gasteiger partial charge in [0.25, 0.3) is 5.91 Å². The van der Waals surface area contributed by atoms with Crippen molar-refractivity contribution in [1.82, 2.24) is 5.32 Å². The van der Waals surface area contributed by atoms with Crippen molar-refractivity contribution in [2.24, 2.45) is 0 Å². The van der Waals surface area contributed by atoms with Gasteiger partial charge in [-0.05, 0) is 66.8 Å². The minimum atomic E-state index is -1.03. The van der Waals surface area contributed by atoms with Gasteiger partial charge < -0.3 is 23.9 Å². The summed E-state index contributed by atoms with van der Waals surface area (Å²) in [7, 11) is 4.56. The average molecular weight is 507 g/mol. The minimum Gasteiger partial charge on any atom is -0.493 e. The minimum absolute atomic E-state index is 0.0556. The molecule has 196 valence electrons. The molecule has 3 aromatic rings. The third-order valence-corrected chi connectivity index (χ3v) is 6.78. The van der Waals surface area contributed by atoms with E-state index in [1.54, 1.807) is 24.3 Å². The Bertz CT molecular complexity index is 1170. The number of nitrogens with one attached hydrogen (secondary N) is 1. The maximum absolute atomic E-state index is 14.0. The molecule has 1 fully saturated rings. The Morgan fingerprint density at radius 1 is 1.00 bits per heavy atom. The van der Waals surface area contributed by atoms with Crippen molar-refractivity contribution in [3.8, 4) is 17.2 Å². The van der Waals surface area contributed by atoms with E-state index in [-0.39, 0.29) is 17.7 Å². The van der Waals surface area contributed by atoms with Gasteiger partial charge >= 0.3 is 0 Å². The number of rotatable bonds is 10. The molecular weight excluding hydrogens is 472 g/mol. The molecular formula is C29H34N2O6. The van der Waals surface area contributed by atoms with Crippen LogP contribution in [0.2, 0.25) is 0 Å². The van der Waals surface area contributed by atoms with Gasteiger partial charge in [0.05, 0.1) is 27.6 Å². The van der Waals surface area contributed by atoms with Crippen LogP contribution in [0.1, 0.15) is 60.3 Å². The van der Waals surface area contributed by atoms with E-state index in [1.807, 2.05) is 24.3 Å². The van der Waals surface area contributed by atoms with Crippen LogP contribution < -0.4 is 24.4 Å². The molecule has 8 nitrogen and oxygen atoms in total. The predicted octanol–water partition coefficient (Wildman–Crippen LogP) is 5.31. The topological polar surface area (TPSA) is 90.2 Å². The molecule has 0 spiro atoms. The number of hydrogen-bond acceptors (Lipinski definition) is 6. The van der Waals surface area contributed by atoms with Crippen molar-refractivity contribution < 1.29 is 28.2 Å². The van der Waals surface area contributed by atoms with Crippen LogP contribution in [-0.4, -0.2) is 39.2 Å². The van der Waals surface area contributed by atoms with E-state index in [1.165, 1.54) is 32.5 Å². The summed E-state index contributed by atoms with van der Waals surface area (Å²) in [5.41, 5.74) is 2.21. The van der Waals surface area contributed by atoms with Gasteiger partial charge in [-0.3, -0.25) is 14.5 Å². The van der Waals surface area contributed by atoms with Crippen LogP contribution in [0.15, 0.2) is 59.2 Å². The monoisotopic (exact) mass is 506 g/mol. The Morgan fingerprint density at radius 2 is 1.65 bits per heavy atom. The number of furan rings is 1. The molecule has 1 saturated carbocycles. The predicted molar refractivity (Wildman–Crippen MR) is 141 cm³/mol. The lowest BCUT2D eigenvalue weighted by atomic mass is 10.00. The van der Waals surface area contributed by atoms with E-state index in [0.29, 0.717) is 28.5 Å². The van der Waals surface area contributed by atoms with E-state index in [4.69, 9.17) is 18.6 Å². The molecule has 37 heavy (non-hydrogen) atoms. The third-order valence-electron chi connectivity index (χ3n) is 6.78. The lowest BCUT2D eigenvalue weighted by Crippen LogP contribution is -2.46. The number of amides is 2. The van der Waals surface area contributed by atoms with Gasteiger partial charge in [0.2, 0.25) is 11.7 Å². The molecule has 8 heteroatoms. The summed E-state index contributed by atoms with van der Waals surface area (Å²) in [6.45, 7) is 2.06. The van der Waals surface area contributed by atoms with Crippen LogP contribution in [0.4, 0.5) is 5.69 Å². The normalized spacial score (nSPS) is 14.2. The highest BCUT2D eigenvalue weighted by atomic mass is 16.5. The highest BCUT2D eigenvalue weighted by Gasteiger charge is 2.37. The van der Waals surface area contributed by atoms with Gasteiger partial charge in [-0.2, -0.15) is 0 Å². The standard InChI is InChI=1S/C29H34N2O6/c1-5-19-12-14-22(15-13-19)31(29(33)23-11-8-16-37-23)26(28(32)30-21-9-6-7-10-21)20-17-24(34-2)27(36-4)25(18-20)35-3/h8,11-18,21,26H,5-7,9-10H2,1-4H3,(H,30,32). The number of methoxy groups -OCH3 is 3. The molecule has 1 aliphatic carbocycles. The van der Waals surface area contributed by atoms with Crippen molar-refractivity contribution in [2.45, 2.75) is 51.1 Å². The fraction of sp³-hybridized carbons (Fsp3) is 0.379. The van der Waals surface area contributed by atoms with Crippen LogP contribution >= 0.6 is 0 Å². The second-order valence-corrected chi connectivity index (χ2v) is 9.02. The van der Waals surface area contributed by atoms with Crippen LogP contribution in [0.25, 0.3) is 0 Å². The van der Waals surface area contributed by atoms with Crippen LogP contribution in [0.3, 0.4) is 0 Å². The quantitative estimate of drug-likeness (QED) is 0.401. The molecule has 1 aromatic heterocycles. The number of nitrogens with zero attached hydrogens (tertiary/aromatic N) is 1. The first kappa shape index (κ1) is 26.1. The van der Waals surface area contributed by atoms with Gasteiger partial charge in [0.1, 0.15) is 6.04 Å². The van der Waals surface area contributed by atoms with Crippen molar-refractivity contribution in [1.29, 1.82) is 0 Å². The summed E-state index contributed by atoms with van der Waals surface area (Å²) in [6, 6.07) is 13.3. The first-order chi connectivity index (χ1) is 18.0. The molecule has 0 saturated heterocycles. The summed E-state index contributed by atoms with van der Waals surface area (Å²) in [5.74, 6) is 0.588. The number of carbonyl (C=O) groups excluding carboxylic acids is 2. The number of carbonyl (C=O) groups is 2. The number of anilines is 1. The van der Waals surface area contributed by atoms with Crippen molar-refractivity contribution in [2.75, 3.05) is 26.2 Å². The first-order valence-electron chi connectivity index (χ1n) is 12.6. The number of ether oxygens (including phenoxy) is 3. The van der Waals surface area contributed by atoms with Crippen LogP contribution in [0.5, 0.6) is 17.2 Å². The maximum atomic E-state index is 14.0. The Labute approximate surface area is 217 Å². The van der Waals surface area contributed by atoms with Gasteiger partial charge in [-0.15, -0.1) is 0 Å². The average Bonchev–Trinajstić information content (AvgIpc) is 3.65. The van der Waals surface area contributed by atoms with E-state index in [0.717, 1.165) is 37.7 Å². The summed E-state index contributed by atoms with van der Waals surface area (Å²) >= 11 is 0. The number of hydrogen-bond donors (Lipinski definition) is 1. The highest BCUT2D eigenvalue weighted by Crippen LogP contribution is 2.42. The Morgan fingerprint density at radius 3 is 2.16 bits per heavy atom. The van der Waals surface area contributed by atoms with Crippen molar-refractivity contribution >= 4 is 17.5 Å². The van der Waals surface area contributed by atoms with Crippen LogP contribution in [0, 0.1) is 0 Å². The summed E-state index contributed by atoms with van der Waals surface area (Å²) in [6.07, 6.45) is 6.24. The van der Waals surface area contributed by atoms with E-state index in [9.17, 15) is 9.59 Å². The molecule has 0 bridgehead atoms. The first-order valence-corrected chi connectivity index (χ1v) is 12.6. The summed E-state index contributed by atoms with van der Waals surface area (Å²) in [4.78, 5) is 29.4. The smallest absolute Gasteiger partial charge is 0.294 e. The largest absolute Gasteiger partial charge is 0.493 e. The lowest BCUT2D eigenvalue weighted by molar-refractivity contribution is -0.123. The Kier molecular flexibility index (Phi) is 8.38. The number of benzene rings is 2. The molecule has 2 amide bonds. The summed E-state index contributed by atoms with van der Waals surface area (Å²) in [5, 5.41) is 3.18. The van der Waals surface area contributed by atoms with Crippen LogP contribution in [-0.2, 0) is 11.2 Å². The second kappa shape index (κ2) is 11.9. The van der Waals surface area contributed by atoms with Gasteiger partial charge in [-0.25, -0.2) is 0 Å². The molecule has 1 unspecified atom stereocenters. The molecule has 0 aliphatic heterocycles.